The normalized spacial score (nSPS) is 12.4. The summed E-state index contributed by atoms with van der Waals surface area (Å²) in [6.45, 7) is 0.772. The van der Waals surface area contributed by atoms with E-state index in [4.69, 9.17) is 9.47 Å². The third-order valence-electron chi connectivity index (χ3n) is 5.42. The number of aromatic hydroxyl groups is 1. The Morgan fingerprint density at radius 2 is 1.32 bits per heavy atom. The number of anilines is 1. The fraction of sp³-hybridized carbons (Fsp3) is 0.280. The molecule has 0 fully saturated rings. The topological polar surface area (TPSA) is 117 Å². The van der Waals surface area contributed by atoms with Gasteiger partial charge in [0.05, 0.1) is 32.3 Å². The Balaban J connectivity index is 1.74. The highest BCUT2D eigenvalue weighted by Crippen LogP contribution is 2.29. The lowest BCUT2D eigenvalue weighted by atomic mass is 9.91. The van der Waals surface area contributed by atoms with E-state index in [1.54, 1.807) is 20.3 Å². The monoisotopic (exact) mass is 486 g/mol. The summed E-state index contributed by atoms with van der Waals surface area (Å²) in [6, 6.07) is 20.0. The Bertz CT molecular complexity index is 1130. The molecule has 34 heavy (non-hydrogen) atoms. The van der Waals surface area contributed by atoms with Gasteiger partial charge < -0.3 is 25.0 Å². The number of phenols is 1. The molecule has 4 N–H and O–H groups in total. The first kappa shape index (κ1) is 25.4. The number of nitrogens with one attached hydrogen (secondary N) is 2. The second-order valence-corrected chi connectivity index (χ2v) is 9.67. The van der Waals surface area contributed by atoms with Crippen molar-refractivity contribution in [3.63, 3.8) is 0 Å². The highest BCUT2D eigenvalue weighted by molar-refractivity contribution is 7.92. The van der Waals surface area contributed by atoms with Gasteiger partial charge in [0, 0.05) is 19.0 Å². The molecule has 8 nitrogen and oxygen atoms in total. The molecule has 3 rings (SSSR count). The molecule has 0 unspecified atom stereocenters. The number of aliphatic hydroxyl groups is 1. The van der Waals surface area contributed by atoms with Crippen molar-refractivity contribution in [2.24, 2.45) is 0 Å². The summed E-state index contributed by atoms with van der Waals surface area (Å²) in [5, 5.41) is 23.9. The Labute approximate surface area is 200 Å². The summed E-state index contributed by atoms with van der Waals surface area (Å²) >= 11 is 0. The molecule has 0 bridgehead atoms. The van der Waals surface area contributed by atoms with E-state index >= 15 is 0 Å². The quantitative estimate of drug-likeness (QED) is 0.308. The third-order valence-corrected chi connectivity index (χ3v) is 6.01. The van der Waals surface area contributed by atoms with Crippen LogP contribution >= 0.6 is 0 Å². The van der Waals surface area contributed by atoms with Crippen LogP contribution < -0.4 is 19.5 Å². The highest BCUT2D eigenvalue weighted by Gasteiger charge is 2.17. The highest BCUT2D eigenvalue weighted by atomic mass is 32.2. The van der Waals surface area contributed by atoms with E-state index < -0.39 is 16.1 Å². The van der Waals surface area contributed by atoms with Gasteiger partial charge in [-0.25, -0.2) is 8.42 Å². The molecular weight excluding hydrogens is 456 g/mol. The average Bonchev–Trinajstić information content (AvgIpc) is 2.82. The van der Waals surface area contributed by atoms with Gasteiger partial charge in [0.2, 0.25) is 10.0 Å². The van der Waals surface area contributed by atoms with Gasteiger partial charge in [-0.15, -0.1) is 0 Å². The fourth-order valence-corrected chi connectivity index (χ4v) is 4.19. The van der Waals surface area contributed by atoms with E-state index in [2.05, 4.69) is 10.0 Å². The minimum absolute atomic E-state index is 0.00583. The molecule has 0 saturated carbocycles. The molecule has 0 aliphatic rings. The first-order valence-electron chi connectivity index (χ1n) is 10.7. The van der Waals surface area contributed by atoms with Crippen LogP contribution in [0.5, 0.6) is 17.2 Å². The average molecular weight is 487 g/mol. The minimum atomic E-state index is -3.57. The van der Waals surface area contributed by atoms with E-state index in [-0.39, 0.29) is 23.9 Å². The lowest BCUT2D eigenvalue weighted by molar-refractivity contribution is 0.174. The maximum absolute atomic E-state index is 11.5. The number of rotatable bonds is 11. The molecular formula is C25H30N2O6S. The van der Waals surface area contributed by atoms with Crippen molar-refractivity contribution in [2.75, 3.05) is 38.3 Å². The molecule has 9 heteroatoms. The maximum atomic E-state index is 11.5. The predicted octanol–water partition coefficient (Wildman–Crippen LogP) is 3.24. The molecule has 0 spiro atoms. The summed E-state index contributed by atoms with van der Waals surface area (Å²) < 4.78 is 35.8. The van der Waals surface area contributed by atoms with Crippen LogP contribution in [0, 0.1) is 0 Å². The molecule has 0 aliphatic carbocycles. The number of methoxy groups -OCH3 is 2. The van der Waals surface area contributed by atoms with E-state index in [0.717, 1.165) is 28.9 Å². The van der Waals surface area contributed by atoms with E-state index in [9.17, 15) is 18.6 Å². The third kappa shape index (κ3) is 6.86. The number of benzene rings is 3. The van der Waals surface area contributed by atoms with Crippen LogP contribution in [0.3, 0.4) is 0 Å². The molecule has 0 aliphatic heterocycles. The lowest BCUT2D eigenvalue weighted by Gasteiger charge is -2.21. The molecule has 1 atom stereocenters. The largest absolute Gasteiger partial charge is 0.506 e. The molecule has 0 aromatic heterocycles. The van der Waals surface area contributed by atoms with Crippen molar-refractivity contribution >= 4 is 15.7 Å². The van der Waals surface area contributed by atoms with Gasteiger partial charge in [-0.1, -0.05) is 30.3 Å². The van der Waals surface area contributed by atoms with Crippen LogP contribution in [-0.4, -0.2) is 52.2 Å². The van der Waals surface area contributed by atoms with E-state index in [1.807, 2.05) is 48.5 Å². The SMILES string of the molecule is COc1ccc(C(CNC[C@H](O)c2ccc(O)c(NS(C)(=O)=O)c2)c2ccc(OC)cc2)cc1. The van der Waals surface area contributed by atoms with Gasteiger partial charge in [0.25, 0.3) is 0 Å². The van der Waals surface area contributed by atoms with Crippen molar-refractivity contribution in [1.29, 1.82) is 0 Å². The fourth-order valence-electron chi connectivity index (χ4n) is 3.63. The number of hydrogen-bond donors (Lipinski definition) is 4. The second-order valence-electron chi connectivity index (χ2n) is 7.92. The Morgan fingerprint density at radius 1 is 0.824 bits per heavy atom. The van der Waals surface area contributed by atoms with Crippen LogP contribution in [0.2, 0.25) is 0 Å². The van der Waals surface area contributed by atoms with Gasteiger partial charge in [0.15, 0.2) is 0 Å². The molecule has 3 aromatic carbocycles. The summed E-state index contributed by atoms with van der Waals surface area (Å²) in [5.74, 6) is 1.33. The van der Waals surface area contributed by atoms with Crippen LogP contribution in [0.15, 0.2) is 66.7 Å². The zero-order valence-electron chi connectivity index (χ0n) is 19.4. The summed E-state index contributed by atoms with van der Waals surface area (Å²) in [6.07, 6.45) is 0.0864. The first-order chi connectivity index (χ1) is 16.2. The Morgan fingerprint density at radius 3 is 1.79 bits per heavy atom. The lowest BCUT2D eigenvalue weighted by Crippen LogP contribution is -2.27. The van der Waals surface area contributed by atoms with Crippen LogP contribution in [0.25, 0.3) is 0 Å². The van der Waals surface area contributed by atoms with Gasteiger partial charge in [-0.05, 0) is 53.1 Å². The zero-order valence-corrected chi connectivity index (χ0v) is 20.2. The van der Waals surface area contributed by atoms with Crippen molar-refractivity contribution in [2.45, 2.75) is 12.0 Å². The van der Waals surface area contributed by atoms with Gasteiger partial charge >= 0.3 is 0 Å². The minimum Gasteiger partial charge on any atom is -0.506 e. The molecule has 3 aromatic rings. The van der Waals surface area contributed by atoms with Crippen molar-refractivity contribution in [3.05, 3.63) is 83.4 Å². The first-order valence-corrected chi connectivity index (χ1v) is 12.6. The molecule has 0 heterocycles. The number of hydrogen-bond acceptors (Lipinski definition) is 7. The summed E-state index contributed by atoms with van der Waals surface area (Å²) in [4.78, 5) is 0. The molecule has 0 radical (unpaired) electrons. The van der Waals surface area contributed by atoms with Crippen molar-refractivity contribution in [3.8, 4) is 17.2 Å². The number of phenolic OH excluding ortho intramolecular Hbond substituents is 1. The van der Waals surface area contributed by atoms with E-state index in [1.165, 1.54) is 12.1 Å². The van der Waals surface area contributed by atoms with Gasteiger partial charge in [0.1, 0.15) is 17.2 Å². The predicted molar refractivity (Wildman–Crippen MR) is 132 cm³/mol. The zero-order chi connectivity index (χ0) is 24.7. The van der Waals surface area contributed by atoms with Crippen molar-refractivity contribution in [1.82, 2.24) is 5.32 Å². The summed E-state index contributed by atoms with van der Waals surface area (Å²) in [5.41, 5.74) is 2.66. The molecule has 0 amide bonds. The smallest absolute Gasteiger partial charge is 0.229 e. The molecule has 0 saturated heterocycles. The number of ether oxygens (including phenoxy) is 2. The molecule has 182 valence electrons. The van der Waals surface area contributed by atoms with Gasteiger partial charge in [-0.3, -0.25) is 4.72 Å². The Hall–Kier alpha value is -3.27. The van der Waals surface area contributed by atoms with E-state index in [0.29, 0.717) is 12.1 Å². The maximum Gasteiger partial charge on any atom is 0.229 e. The van der Waals surface area contributed by atoms with Crippen LogP contribution in [-0.2, 0) is 10.0 Å². The number of aliphatic hydroxyl groups excluding tert-OH is 1. The summed E-state index contributed by atoms with van der Waals surface area (Å²) in [7, 11) is -0.319. The Kier molecular flexibility index (Phi) is 8.38. The van der Waals surface area contributed by atoms with Crippen molar-refractivity contribution < 1.29 is 28.1 Å². The second kappa shape index (κ2) is 11.2. The van der Waals surface area contributed by atoms with Crippen LogP contribution in [0.4, 0.5) is 5.69 Å². The van der Waals surface area contributed by atoms with Crippen LogP contribution in [0.1, 0.15) is 28.7 Å². The standard InChI is InChI=1S/C25H30N2O6S/c1-32-20-9-4-17(5-10-20)22(18-6-11-21(33-2)12-7-18)15-26-16-25(29)19-8-13-24(28)23(14-19)27-34(3,30)31/h4-14,22,25-29H,15-16H2,1-3H3/t25-/m0/s1. The van der Waals surface area contributed by atoms with Gasteiger partial charge in [-0.2, -0.15) is 0 Å². The number of sulfonamides is 1.